The van der Waals surface area contributed by atoms with Crippen LogP contribution in [0.5, 0.6) is 0 Å². The molecule has 0 spiro atoms. The van der Waals surface area contributed by atoms with Gasteiger partial charge in [-0.2, -0.15) is 0 Å². The molecule has 2 nitrogen and oxygen atoms in total. The molecule has 0 aliphatic rings. The van der Waals surface area contributed by atoms with Crippen LogP contribution in [0.15, 0.2) is 29.2 Å². The Kier molecular flexibility index (Phi) is 7.00. The smallest absolute Gasteiger partial charge is 0.154 e. The van der Waals surface area contributed by atoms with Gasteiger partial charge < -0.3 is 5.73 Å². The van der Waals surface area contributed by atoms with Gasteiger partial charge in [0.25, 0.3) is 0 Å². The van der Waals surface area contributed by atoms with Gasteiger partial charge in [-0.3, -0.25) is 4.79 Å². The largest absolute Gasteiger partial charge is 0.321 e. The molecule has 0 saturated carbocycles. The van der Waals surface area contributed by atoms with E-state index in [1.165, 1.54) is 0 Å². The minimum absolute atomic E-state index is 0.113. The van der Waals surface area contributed by atoms with Crippen molar-refractivity contribution in [2.45, 2.75) is 45.1 Å². The first-order valence-corrected chi connectivity index (χ1v) is 9.44. The molecular weight excluding hydrogens is 286 g/mol. The molecule has 2 N–H and O–H groups in total. The minimum atomic E-state index is -0.392. The second-order valence-corrected chi connectivity index (χ2v) is 8.43. The lowest BCUT2D eigenvalue weighted by Gasteiger charge is -2.22. The summed E-state index contributed by atoms with van der Waals surface area (Å²) in [6.45, 7) is 8.33. The summed E-state index contributed by atoms with van der Waals surface area (Å²) in [4.78, 5) is 13.5. The quantitative estimate of drug-likeness (QED) is 0.842. The molecule has 1 rings (SSSR count). The van der Waals surface area contributed by atoms with Crippen LogP contribution in [0.1, 0.15) is 33.3 Å². The third-order valence-electron chi connectivity index (χ3n) is 3.83. The highest BCUT2D eigenvalue weighted by Crippen LogP contribution is 2.19. The van der Waals surface area contributed by atoms with Crippen LogP contribution in [0.3, 0.4) is 0 Å². The number of carbonyl (C=O) groups is 1. The zero-order chi connectivity index (χ0) is 15.3. The Morgan fingerprint density at radius 2 is 1.90 bits per heavy atom. The average molecular weight is 312 g/mol. The lowest BCUT2D eigenvalue weighted by atomic mass is 9.87. The van der Waals surface area contributed by atoms with Crippen molar-refractivity contribution >= 4 is 26.4 Å². The van der Waals surface area contributed by atoms with Gasteiger partial charge in [0.1, 0.15) is 0 Å². The fourth-order valence-corrected chi connectivity index (χ4v) is 3.50. The highest BCUT2D eigenvalue weighted by molar-refractivity contribution is 8.28. The highest BCUT2D eigenvalue weighted by Gasteiger charge is 2.23. The molecule has 0 fully saturated rings. The van der Waals surface area contributed by atoms with Crippen molar-refractivity contribution in [3.05, 3.63) is 29.8 Å². The maximum absolute atomic E-state index is 12.4. The molecule has 20 heavy (non-hydrogen) atoms. The van der Waals surface area contributed by atoms with Crippen molar-refractivity contribution in [1.29, 1.82) is 0 Å². The standard InChI is InChI=1S/C16H25NOS2/c1-5-20(19)15-9-7-6-8-13(15)10-14(18)16(17)12(4)11(2)3/h6-9,11-12,16H,5,10,17H2,1-4H3/t12-,16+,20?/m1/s1. The van der Waals surface area contributed by atoms with Gasteiger partial charge in [0.05, 0.1) is 6.04 Å². The molecule has 3 atom stereocenters. The summed E-state index contributed by atoms with van der Waals surface area (Å²) in [5.74, 6) is 1.65. The van der Waals surface area contributed by atoms with Crippen LogP contribution in [0.2, 0.25) is 0 Å². The van der Waals surface area contributed by atoms with Gasteiger partial charge in [-0.15, -0.1) is 0 Å². The fraction of sp³-hybridized carbons (Fsp3) is 0.562. The maximum atomic E-state index is 12.4. The first kappa shape index (κ1) is 17.5. The first-order chi connectivity index (χ1) is 9.38. The van der Waals surface area contributed by atoms with Gasteiger partial charge >= 0.3 is 0 Å². The summed E-state index contributed by atoms with van der Waals surface area (Å²) < 4.78 is 0. The number of hydrogen-bond acceptors (Lipinski definition) is 3. The summed E-state index contributed by atoms with van der Waals surface area (Å²) in [7, 11) is -0.211. The summed E-state index contributed by atoms with van der Waals surface area (Å²) in [6.07, 6.45) is 0.397. The van der Waals surface area contributed by atoms with Crippen LogP contribution in [0, 0.1) is 11.8 Å². The van der Waals surface area contributed by atoms with Crippen molar-refractivity contribution in [3.8, 4) is 0 Å². The van der Waals surface area contributed by atoms with Gasteiger partial charge in [0, 0.05) is 11.3 Å². The van der Waals surface area contributed by atoms with Crippen LogP contribution in [0.4, 0.5) is 0 Å². The third kappa shape index (κ3) is 4.47. The predicted octanol–water partition coefficient (Wildman–Crippen LogP) is 2.88. The van der Waals surface area contributed by atoms with Crippen LogP contribution < -0.4 is 5.73 Å². The number of benzene rings is 1. The van der Waals surface area contributed by atoms with Crippen LogP contribution in [-0.2, 0) is 31.9 Å². The SMILES string of the molecule is CCS(=S)c1ccccc1CC(=O)[C@@H](N)[C@H](C)C(C)C. The molecule has 0 aliphatic heterocycles. The molecule has 0 radical (unpaired) electrons. The van der Waals surface area contributed by atoms with Crippen LogP contribution >= 0.6 is 0 Å². The van der Waals surface area contributed by atoms with Crippen LogP contribution in [-0.4, -0.2) is 17.6 Å². The normalized spacial score (nSPS) is 15.9. The van der Waals surface area contributed by atoms with E-state index in [0.717, 1.165) is 16.2 Å². The molecule has 4 heteroatoms. The Labute approximate surface area is 129 Å². The molecule has 1 aromatic rings. The van der Waals surface area contributed by atoms with Crippen molar-refractivity contribution < 1.29 is 4.79 Å². The van der Waals surface area contributed by atoms with Crippen LogP contribution in [0.25, 0.3) is 0 Å². The van der Waals surface area contributed by atoms with E-state index in [0.29, 0.717) is 12.3 Å². The summed E-state index contributed by atoms with van der Waals surface area (Å²) in [6, 6.07) is 7.60. The monoisotopic (exact) mass is 311 g/mol. The summed E-state index contributed by atoms with van der Waals surface area (Å²) in [5.41, 5.74) is 7.14. The van der Waals surface area contributed by atoms with E-state index in [-0.39, 0.29) is 21.2 Å². The molecule has 1 aromatic carbocycles. The van der Waals surface area contributed by atoms with Crippen molar-refractivity contribution in [2.75, 3.05) is 5.75 Å². The second kappa shape index (κ2) is 8.01. The molecular formula is C16H25NOS2. The maximum Gasteiger partial charge on any atom is 0.154 e. The van der Waals surface area contributed by atoms with Gasteiger partial charge in [-0.1, -0.05) is 55.3 Å². The Hall–Kier alpha value is -0.580. The van der Waals surface area contributed by atoms with E-state index in [1.54, 1.807) is 0 Å². The molecule has 0 amide bonds. The van der Waals surface area contributed by atoms with E-state index in [1.807, 2.05) is 31.2 Å². The number of hydrogen-bond donors (Lipinski definition) is 1. The molecule has 1 unspecified atom stereocenters. The topological polar surface area (TPSA) is 43.1 Å². The first-order valence-electron chi connectivity index (χ1n) is 7.13. The molecule has 0 aliphatic carbocycles. The Bertz CT molecular complexity index is 485. The number of rotatable bonds is 7. The zero-order valence-electron chi connectivity index (χ0n) is 12.8. The van der Waals surface area contributed by atoms with E-state index in [4.69, 9.17) is 16.9 Å². The highest BCUT2D eigenvalue weighted by atomic mass is 32.8. The van der Waals surface area contributed by atoms with E-state index < -0.39 is 6.04 Å². The number of ketones is 1. The summed E-state index contributed by atoms with van der Waals surface area (Å²) in [5, 5.41) is 0. The molecule has 112 valence electrons. The number of nitrogens with two attached hydrogens (primary N) is 1. The van der Waals surface area contributed by atoms with Gasteiger partial charge in [-0.25, -0.2) is 0 Å². The number of Topliss-reactive ketones (excluding diaryl/α,β-unsaturated/α-hetero) is 1. The molecule has 0 saturated heterocycles. The molecule has 0 heterocycles. The Balaban J connectivity index is 2.88. The predicted molar refractivity (Wildman–Crippen MR) is 90.7 cm³/mol. The van der Waals surface area contributed by atoms with E-state index in [9.17, 15) is 4.79 Å². The zero-order valence-corrected chi connectivity index (χ0v) is 14.4. The third-order valence-corrected chi connectivity index (χ3v) is 6.49. The Morgan fingerprint density at radius 1 is 1.30 bits per heavy atom. The van der Waals surface area contributed by atoms with Gasteiger partial charge in [0.2, 0.25) is 0 Å². The fourth-order valence-electron chi connectivity index (χ4n) is 2.04. The summed E-state index contributed by atoms with van der Waals surface area (Å²) >= 11 is 5.49. The Morgan fingerprint density at radius 3 is 2.45 bits per heavy atom. The van der Waals surface area contributed by atoms with E-state index in [2.05, 4.69) is 20.8 Å². The number of carbonyl (C=O) groups excluding carboxylic acids is 1. The lowest BCUT2D eigenvalue weighted by molar-refractivity contribution is -0.121. The second-order valence-electron chi connectivity index (χ2n) is 5.51. The van der Waals surface area contributed by atoms with Crippen molar-refractivity contribution in [1.82, 2.24) is 0 Å². The van der Waals surface area contributed by atoms with Gasteiger partial charge in [0.15, 0.2) is 5.78 Å². The van der Waals surface area contributed by atoms with Gasteiger partial charge in [-0.05, 0) is 40.4 Å². The van der Waals surface area contributed by atoms with Crippen molar-refractivity contribution in [3.63, 3.8) is 0 Å². The molecule has 0 aromatic heterocycles. The van der Waals surface area contributed by atoms with Crippen molar-refractivity contribution in [2.24, 2.45) is 17.6 Å². The average Bonchev–Trinajstić information content (AvgIpc) is 2.45. The molecule has 0 bridgehead atoms. The lowest BCUT2D eigenvalue weighted by Crippen LogP contribution is -2.40. The minimum Gasteiger partial charge on any atom is -0.321 e. The van der Waals surface area contributed by atoms with E-state index >= 15 is 0 Å².